The fourth-order valence-electron chi connectivity index (χ4n) is 3.40. The molecule has 0 bridgehead atoms. The lowest BCUT2D eigenvalue weighted by molar-refractivity contribution is 0.0439. The Morgan fingerprint density at radius 3 is 2.65 bits per heavy atom. The Morgan fingerprint density at radius 1 is 1.25 bits per heavy atom. The molecule has 0 spiro atoms. The maximum absolute atomic E-state index is 10.4. The minimum atomic E-state index is -0.432. The Balaban J connectivity index is 1.44. The molecule has 0 amide bonds. The third-order valence-electron chi connectivity index (χ3n) is 4.72. The average molecular weight is 275 g/mol. The van der Waals surface area contributed by atoms with Crippen LogP contribution in [0.5, 0.6) is 0 Å². The molecule has 0 unspecified atom stereocenters. The van der Waals surface area contributed by atoms with Crippen LogP contribution in [0.2, 0.25) is 0 Å². The van der Waals surface area contributed by atoms with Crippen LogP contribution in [-0.4, -0.2) is 41.4 Å². The molecule has 110 valence electrons. The Bertz CT molecular complexity index is 409. The van der Waals surface area contributed by atoms with Crippen molar-refractivity contribution in [3.8, 4) is 0 Å². The Morgan fingerprint density at radius 2 is 2.00 bits per heavy atom. The molecular formula is C16H25N3O. The number of aromatic nitrogens is 1. The summed E-state index contributed by atoms with van der Waals surface area (Å²) in [5.74, 6) is 1.08. The van der Waals surface area contributed by atoms with Crippen molar-refractivity contribution in [2.75, 3.05) is 24.5 Å². The van der Waals surface area contributed by atoms with E-state index < -0.39 is 5.60 Å². The fraction of sp³-hybridized carbons (Fsp3) is 0.688. The van der Waals surface area contributed by atoms with Crippen molar-refractivity contribution in [2.45, 2.75) is 50.2 Å². The molecule has 4 nitrogen and oxygen atoms in total. The van der Waals surface area contributed by atoms with Gasteiger partial charge in [0.05, 0.1) is 5.60 Å². The largest absolute Gasteiger partial charge is 0.389 e. The third kappa shape index (κ3) is 3.30. The van der Waals surface area contributed by atoms with E-state index >= 15 is 0 Å². The molecule has 0 radical (unpaired) electrons. The molecule has 2 N–H and O–H groups in total. The molecule has 20 heavy (non-hydrogen) atoms. The highest BCUT2D eigenvalue weighted by atomic mass is 16.3. The van der Waals surface area contributed by atoms with E-state index in [1.165, 1.54) is 12.8 Å². The summed E-state index contributed by atoms with van der Waals surface area (Å²) < 4.78 is 0. The van der Waals surface area contributed by atoms with Crippen molar-refractivity contribution in [2.24, 2.45) is 0 Å². The number of hydrogen-bond acceptors (Lipinski definition) is 4. The molecule has 0 aromatic carbocycles. The van der Waals surface area contributed by atoms with Crippen molar-refractivity contribution in [1.29, 1.82) is 0 Å². The number of aliphatic hydroxyl groups is 1. The number of nitrogens with one attached hydrogen (secondary N) is 1. The average Bonchev–Trinajstić information content (AvgIpc) is 2.94. The second-order valence-corrected chi connectivity index (χ2v) is 6.26. The van der Waals surface area contributed by atoms with Crippen LogP contribution in [0.25, 0.3) is 0 Å². The summed E-state index contributed by atoms with van der Waals surface area (Å²) >= 11 is 0. The highest BCUT2D eigenvalue weighted by Gasteiger charge is 2.31. The van der Waals surface area contributed by atoms with Gasteiger partial charge in [-0.1, -0.05) is 18.9 Å². The molecule has 1 saturated carbocycles. The van der Waals surface area contributed by atoms with Gasteiger partial charge < -0.3 is 15.3 Å². The van der Waals surface area contributed by atoms with E-state index in [4.69, 9.17) is 0 Å². The normalized spacial score (nSPS) is 23.1. The Hall–Kier alpha value is -1.13. The van der Waals surface area contributed by atoms with Gasteiger partial charge in [0.2, 0.25) is 0 Å². The van der Waals surface area contributed by atoms with Gasteiger partial charge >= 0.3 is 0 Å². The second-order valence-electron chi connectivity index (χ2n) is 6.26. The minimum absolute atomic E-state index is 0.432. The van der Waals surface area contributed by atoms with Crippen LogP contribution in [0.3, 0.4) is 0 Å². The van der Waals surface area contributed by atoms with E-state index in [0.717, 1.165) is 51.1 Å². The van der Waals surface area contributed by atoms with Crippen molar-refractivity contribution in [3.05, 3.63) is 24.4 Å². The van der Waals surface area contributed by atoms with Gasteiger partial charge in [0.1, 0.15) is 5.82 Å². The maximum atomic E-state index is 10.4. The summed E-state index contributed by atoms with van der Waals surface area (Å²) in [6, 6.07) is 6.62. The van der Waals surface area contributed by atoms with Crippen LogP contribution in [0, 0.1) is 0 Å². The zero-order valence-electron chi connectivity index (χ0n) is 12.1. The number of nitrogens with zero attached hydrogens (tertiary/aromatic N) is 2. The van der Waals surface area contributed by atoms with Crippen LogP contribution in [-0.2, 0) is 0 Å². The monoisotopic (exact) mass is 275 g/mol. The zero-order chi connectivity index (χ0) is 13.8. The summed E-state index contributed by atoms with van der Waals surface area (Å²) in [6.07, 6.45) is 8.40. The van der Waals surface area contributed by atoms with Gasteiger partial charge in [-0.25, -0.2) is 4.98 Å². The van der Waals surface area contributed by atoms with E-state index in [-0.39, 0.29) is 0 Å². The number of hydrogen-bond donors (Lipinski definition) is 2. The summed E-state index contributed by atoms with van der Waals surface area (Å²) in [4.78, 5) is 6.76. The summed E-state index contributed by atoms with van der Waals surface area (Å²) in [5, 5.41) is 13.9. The van der Waals surface area contributed by atoms with Crippen LogP contribution >= 0.6 is 0 Å². The molecule has 1 aliphatic heterocycles. The summed E-state index contributed by atoms with van der Waals surface area (Å²) in [5.41, 5.74) is -0.432. The van der Waals surface area contributed by atoms with Crippen LogP contribution < -0.4 is 10.2 Å². The van der Waals surface area contributed by atoms with Gasteiger partial charge in [-0.2, -0.15) is 0 Å². The molecule has 1 aromatic rings. The first-order chi connectivity index (χ1) is 9.75. The first kappa shape index (κ1) is 13.8. The van der Waals surface area contributed by atoms with E-state index in [1.54, 1.807) is 0 Å². The predicted molar refractivity (Wildman–Crippen MR) is 80.9 cm³/mol. The van der Waals surface area contributed by atoms with E-state index in [9.17, 15) is 5.11 Å². The summed E-state index contributed by atoms with van der Waals surface area (Å²) in [6.45, 7) is 2.86. The second kappa shape index (κ2) is 6.10. The van der Waals surface area contributed by atoms with Crippen molar-refractivity contribution < 1.29 is 5.11 Å². The highest BCUT2D eigenvalue weighted by Crippen LogP contribution is 2.29. The first-order valence-electron chi connectivity index (χ1n) is 7.87. The van der Waals surface area contributed by atoms with Gasteiger partial charge in [-0.15, -0.1) is 0 Å². The van der Waals surface area contributed by atoms with E-state index in [2.05, 4.69) is 21.3 Å². The van der Waals surface area contributed by atoms with E-state index in [0.29, 0.717) is 6.04 Å². The Labute approximate surface area is 121 Å². The number of anilines is 1. The van der Waals surface area contributed by atoms with Crippen LogP contribution in [0.15, 0.2) is 24.4 Å². The molecule has 2 fully saturated rings. The van der Waals surface area contributed by atoms with Gasteiger partial charge in [-0.3, -0.25) is 0 Å². The molecular weight excluding hydrogens is 250 g/mol. The van der Waals surface area contributed by atoms with Gasteiger partial charge in [0.15, 0.2) is 0 Å². The van der Waals surface area contributed by atoms with Gasteiger partial charge in [0.25, 0.3) is 0 Å². The molecule has 1 aliphatic carbocycles. The molecule has 1 saturated heterocycles. The SMILES string of the molecule is OC1(CNC2CCN(c3ccccn3)CC2)CCCC1. The summed E-state index contributed by atoms with van der Waals surface area (Å²) in [7, 11) is 0. The predicted octanol–water partition coefficient (Wildman–Crippen LogP) is 1.95. The van der Waals surface area contributed by atoms with Crippen molar-refractivity contribution in [1.82, 2.24) is 10.3 Å². The van der Waals surface area contributed by atoms with Gasteiger partial charge in [0, 0.05) is 31.9 Å². The molecule has 2 aliphatic rings. The molecule has 2 heterocycles. The lowest BCUT2D eigenvalue weighted by Gasteiger charge is -2.35. The van der Waals surface area contributed by atoms with Crippen LogP contribution in [0.1, 0.15) is 38.5 Å². The molecule has 0 atom stereocenters. The maximum Gasteiger partial charge on any atom is 0.128 e. The minimum Gasteiger partial charge on any atom is -0.389 e. The quantitative estimate of drug-likeness (QED) is 0.882. The zero-order valence-corrected chi connectivity index (χ0v) is 12.1. The van der Waals surface area contributed by atoms with Crippen molar-refractivity contribution >= 4 is 5.82 Å². The van der Waals surface area contributed by atoms with E-state index in [1.807, 2.05) is 18.3 Å². The molecule has 3 rings (SSSR count). The van der Waals surface area contributed by atoms with Crippen molar-refractivity contribution in [3.63, 3.8) is 0 Å². The first-order valence-corrected chi connectivity index (χ1v) is 7.87. The van der Waals surface area contributed by atoms with Crippen LogP contribution in [0.4, 0.5) is 5.82 Å². The topological polar surface area (TPSA) is 48.4 Å². The molecule has 1 aromatic heterocycles. The lowest BCUT2D eigenvalue weighted by atomic mass is 10.00. The lowest BCUT2D eigenvalue weighted by Crippen LogP contribution is -2.47. The van der Waals surface area contributed by atoms with Gasteiger partial charge in [-0.05, 0) is 37.8 Å². The highest BCUT2D eigenvalue weighted by molar-refractivity contribution is 5.38. The number of rotatable bonds is 4. The number of piperidine rings is 1. The number of pyridine rings is 1. The Kier molecular flexibility index (Phi) is 4.22. The fourth-order valence-corrected chi connectivity index (χ4v) is 3.40. The third-order valence-corrected chi connectivity index (χ3v) is 4.72. The molecule has 4 heteroatoms. The standard InChI is InChI=1S/C16H25N3O/c20-16(8-2-3-9-16)13-18-14-6-11-19(12-7-14)15-5-1-4-10-17-15/h1,4-5,10,14,18,20H,2-3,6-9,11-13H2. The smallest absolute Gasteiger partial charge is 0.128 e.